The standard InChI is InChI=1S/C15H27Cl2N4O.BrH/c1-4-5-6-7-8-9-10-21(2,3)11-12-22-15-19-13(16)18-14(17)20-15;/h4-12H2,1-3H3;1H/q+1;. The molecule has 0 spiro atoms. The second-order valence-corrected chi connectivity index (χ2v) is 6.83. The van der Waals surface area contributed by atoms with Gasteiger partial charge in [0.05, 0.1) is 20.6 Å². The molecule has 1 aromatic heterocycles. The third-order valence-corrected chi connectivity index (χ3v) is 3.94. The lowest BCUT2D eigenvalue weighted by molar-refractivity contribution is -0.890. The lowest BCUT2D eigenvalue weighted by Gasteiger charge is -2.29. The molecule has 1 rings (SSSR count). The Labute approximate surface area is 160 Å². The van der Waals surface area contributed by atoms with Gasteiger partial charge in [-0.3, -0.25) is 0 Å². The normalized spacial score (nSPS) is 11.2. The molecule has 5 nitrogen and oxygen atoms in total. The van der Waals surface area contributed by atoms with Crippen molar-refractivity contribution in [3.05, 3.63) is 10.6 Å². The van der Waals surface area contributed by atoms with Crippen molar-refractivity contribution in [1.82, 2.24) is 15.0 Å². The highest BCUT2D eigenvalue weighted by molar-refractivity contribution is 8.93. The predicted octanol–water partition coefficient (Wildman–Crippen LogP) is 4.57. The molecule has 0 fully saturated rings. The molecule has 0 saturated heterocycles. The summed E-state index contributed by atoms with van der Waals surface area (Å²) in [4.78, 5) is 11.5. The van der Waals surface area contributed by atoms with Gasteiger partial charge < -0.3 is 9.22 Å². The lowest BCUT2D eigenvalue weighted by atomic mass is 10.1. The molecular formula is C15H28BrCl2N4O+. The van der Waals surface area contributed by atoms with Gasteiger partial charge in [0.15, 0.2) is 0 Å². The highest BCUT2D eigenvalue weighted by Gasteiger charge is 2.15. The van der Waals surface area contributed by atoms with E-state index >= 15 is 0 Å². The molecule has 0 saturated carbocycles. The van der Waals surface area contributed by atoms with Crippen LogP contribution >= 0.6 is 40.2 Å². The maximum Gasteiger partial charge on any atom is 0.322 e. The van der Waals surface area contributed by atoms with Gasteiger partial charge in [-0.2, -0.15) is 15.0 Å². The summed E-state index contributed by atoms with van der Waals surface area (Å²) < 4.78 is 6.43. The van der Waals surface area contributed by atoms with E-state index in [0.29, 0.717) is 6.61 Å². The third kappa shape index (κ3) is 11.1. The van der Waals surface area contributed by atoms with E-state index in [1.807, 2.05) is 0 Å². The van der Waals surface area contributed by atoms with Crippen LogP contribution in [-0.4, -0.2) is 53.2 Å². The molecular weight excluding hydrogens is 403 g/mol. The number of unbranched alkanes of at least 4 members (excludes halogenated alkanes) is 5. The zero-order valence-corrected chi connectivity index (χ0v) is 17.5. The fourth-order valence-corrected chi connectivity index (χ4v) is 2.54. The maximum atomic E-state index is 5.71. The molecule has 1 heterocycles. The Hall–Kier alpha value is -0.170. The van der Waals surface area contributed by atoms with Gasteiger partial charge in [-0.25, -0.2) is 0 Å². The first-order valence-electron chi connectivity index (χ1n) is 7.95. The van der Waals surface area contributed by atoms with Crippen molar-refractivity contribution in [3.8, 4) is 6.01 Å². The molecule has 0 aliphatic rings. The van der Waals surface area contributed by atoms with Gasteiger partial charge in [-0.15, -0.1) is 17.0 Å². The van der Waals surface area contributed by atoms with E-state index in [1.54, 1.807) is 0 Å². The molecule has 23 heavy (non-hydrogen) atoms. The fraction of sp³-hybridized carbons (Fsp3) is 0.800. The lowest BCUT2D eigenvalue weighted by Crippen LogP contribution is -2.43. The van der Waals surface area contributed by atoms with Crippen molar-refractivity contribution in [1.29, 1.82) is 0 Å². The van der Waals surface area contributed by atoms with Crippen LogP contribution in [0.1, 0.15) is 45.4 Å². The van der Waals surface area contributed by atoms with E-state index in [4.69, 9.17) is 27.9 Å². The number of halogens is 3. The molecule has 0 aliphatic heterocycles. The molecule has 0 aliphatic carbocycles. The first-order valence-corrected chi connectivity index (χ1v) is 8.70. The molecule has 134 valence electrons. The van der Waals surface area contributed by atoms with Crippen molar-refractivity contribution < 1.29 is 9.22 Å². The summed E-state index contributed by atoms with van der Waals surface area (Å²) in [7, 11) is 4.42. The summed E-state index contributed by atoms with van der Waals surface area (Å²) >= 11 is 11.4. The minimum atomic E-state index is 0. The highest BCUT2D eigenvalue weighted by atomic mass is 79.9. The molecule has 0 atom stereocenters. The molecule has 0 aromatic carbocycles. The average molecular weight is 431 g/mol. The zero-order valence-electron chi connectivity index (χ0n) is 14.2. The Balaban J connectivity index is 0.00000484. The number of likely N-dealkylation sites (N-methyl/N-ethyl adjacent to an activating group) is 1. The number of aromatic nitrogens is 3. The molecule has 0 amide bonds. The fourth-order valence-electron chi connectivity index (χ4n) is 2.19. The monoisotopic (exact) mass is 429 g/mol. The van der Waals surface area contributed by atoms with Gasteiger partial charge in [0.25, 0.3) is 0 Å². The van der Waals surface area contributed by atoms with Crippen LogP contribution < -0.4 is 4.74 Å². The molecule has 0 N–H and O–H groups in total. The third-order valence-electron chi connectivity index (χ3n) is 3.61. The van der Waals surface area contributed by atoms with E-state index < -0.39 is 0 Å². The topological polar surface area (TPSA) is 47.9 Å². The van der Waals surface area contributed by atoms with Crippen molar-refractivity contribution in [2.24, 2.45) is 0 Å². The number of rotatable bonds is 11. The Morgan fingerprint density at radius 2 is 1.43 bits per heavy atom. The summed E-state index contributed by atoms with van der Waals surface area (Å²) in [6, 6.07) is 0.185. The van der Waals surface area contributed by atoms with E-state index in [2.05, 4.69) is 36.0 Å². The Morgan fingerprint density at radius 1 is 0.870 bits per heavy atom. The van der Waals surface area contributed by atoms with Crippen molar-refractivity contribution >= 4 is 40.2 Å². The molecule has 0 bridgehead atoms. The molecule has 8 heteroatoms. The molecule has 0 unspecified atom stereocenters. The first-order chi connectivity index (χ1) is 10.4. The van der Waals surface area contributed by atoms with E-state index in [-0.39, 0.29) is 33.6 Å². The van der Waals surface area contributed by atoms with Crippen LogP contribution in [0.4, 0.5) is 0 Å². The van der Waals surface area contributed by atoms with Crippen LogP contribution in [0, 0.1) is 0 Å². The number of quaternary nitrogens is 1. The second kappa shape index (κ2) is 12.2. The van der Waals surface area contributed by atoms with Gasteiger partial charge in [0.2, 0.25) is 10.6 Å². The molecule has 1 aromatic rings. The Morgan fingerprint density at radius 3 is 2.04 bits per heavy atom. The number of ether oxygens (including phenoxy) is 1. The van der Waals surface area contributed by atoms with Crippen LogP contribution in [0.15, 0.2) is 0 Å². The summed E-state index contributed by atoms with van der Waals surface area (Å²) in [5.74, 6) is 0. The summed E-state index contributed by atoms with van der Waals surface area (Å²) in [6.07, 6.45) is 7.90. The van der Waals surface area contributed by atoms with Crippen molar-refractivity contribution in [2.75, 3.05) is 33.8 Å². The number of hydrogen-bond donors (Lipinski definition) is 0. The smallest absolute Gasteiger partial charge is 0.322 e. The van der Waals surface area contributed by atoms with Gasteiger partial charge in [0.1, 0.15) is 13.2 Å². The number of nitrogens with zero attached hydrogens (tertiary/aromatic N) is 4. The summed E-state index contributed by atoms with van der Waals surface area (Å²) in [5, 5.41) is 0.103. The largest absolute Gasteiger partial charge is 0.457 e. The van der Waals surface area contributed by atoms with Gasteiger partial charge in [-0.05, 0) is 36.0 Å². The van der Waals surface area contributed by atoms with Crippen LogP contribution in [0.25, 0.3) is 0 Å². The summed E-state index contributed by atoms with van der Waals surface area (Å²) in [5.41, 5.74) is 0. The Kier molecular flexibility index (Phi) is 12.1. The summed E-state index contributed by atoms with van der Waals surface area (Å²) in [6.45, 7) is 4.80. The van der Waals surface area contributed by atoms with Gasteiger partial charge in [-0.1, -0.05) is 32.6 Å². The first kappa shape index (κ1) is 22.8. The van der Waals surface area contributed by atoms with Crippen molar-refractivity contribution in [2.45, 2.75) is 45.4 Å². The van der Waals surface area contributed by atoms with Crippen molar-refractivity contribution in [3.63, 3.8) is 0 Å². The Bertz CT molecular complexity index is 429. The second-order valence-electron chi connectivity index (χ2n) is 6.16. The van der Waals surface area contributed by atoms with Crippen LogP contribution in [0.3, 0.4) is 0 Å². The number of hydrogen-bond acceptors (Lipinski definition) is 4. The van der Waals surface area contributed by atoms with Gasteiger partial charge in [0, 0.05) is 0 Å². The van der Waals surface area contributed by atoms with E-state index in [9.17, 15) is 0 Å². The maximum absolute atomic E-state index is 5.71. The van der Waals surface area contributed by atoms with E-state index in [1.165, 1.54) is 38.5 Å². The highest BCUT2D eigenvalue weighted by Crippen LogP contribution is 2.12. The molecule has 0 radical (unpaired) electrons. The minimum Gasteiger partial charge on any atom is -0.457 e. The quantitative estimate of drug-likeness (QED) is 0.381. The van der Waals surface area contributed by atoms with E-state index in [0.717, 1.165) is 17.6 Å². The SMILES string of the molecule is Br.CCCCCCCC[N+](C)(C)CCOc1nc(Cl)nc(Cl)n1. The van der Waals surface area contributed by atoms with Crippen LogP contribution in [-0.2, 0) is 0 Å². The average Bonchev–Trinajstić information content (AvgIpc) is 2.41. The van der Waals surface area contributed by atoms with Crippen LogP contribution in [0.2, 0.25) is 10.6 Å². The van der Waals surface area contributed by atoms with Gasteiger partial charge >= 0.3 is 6.01 Å². The van der Waals surface area contributed by atoms with Crippen LogP contribution in [0.5, 0.6) is 6.01 Å². The predicted molar refractivity (Wildman–Crippen MR) is 101 cm³/mol. The zero-order chi connectivity index (χ0) is 16.4. The minimum absolute atomic E-state index is 0.